The molecule has 0 bridgehead atoms. The minimum absolute atomic E-state index is 0.202. The topological polar surface area (TPSA) is 9.23 Å². The smallest absolute Gasteiger partial charge is 0.202 e. The van der Waals surface area contributed by atoms with Crippen molar-refractivity contribution in [3.63, 3.8) is 0 Å². The molecular formula is C7H4ClF2O. The minimum atomic E-state index is -1.13. The molecule has 0 aromatic heterocycles. The summed E-state index contributed by atoms with van der Waals surface area (Å²) in [6.07, 6.45) is 0. The molecule has 0 fully saturated rings. The predicted octanol–water partition coefficient (Wildman–Crippen LogP) is 2.43. The predicted molar refractivity (Wildman–Crippen MR) is 36.8 cm³/mol. The molecule has 0 spiro atoms. The molecule has 0 aliphatic heterocycles. The van der Waals surface area contributed by atoms with Crippen LogP contribution in [0, 0.1) is 17.7 Å². The van der Waals surface area contributed by atoms with Crippen molar-refractivity contribution in [1.29, 1.82) is 0 Å². The van der Waals surface area contributed by atoms with E-state index in [0.717, 1.165) is 6.07 Å². The summed E-state index contributed by atoms with van der Waals surface area (Å²) in [5.41, 5.74) is 0. The first-order valence-corrected chi connectivity index (χ1v) is 3.13. The van der Waals surface area contributed by atoms with E-state index in [1.54, 1.807) is 0 Å². The maximum absolute atomic E-state index is 12.7. The molecule has 11 heavy (non-hydrogen) atoms. The van der Waals surface area contributed by atoms with Crippen molar-refractivity contribution < 1.29 is 13.5 Å². The van der Waals surface area contributed by atoms with Gasteiger partial charge in [-0.2, -0.15) is 4.39 Å². The number of methoxy groups -OCH3 is 1. The highest BCUT2D eigenvalue weighted by Gasteiger charge is 2.11. The van der Waals surface area contributed by atoms with E-state index in [4.69, 9.17) is 11.6 Å². The molecule has 0 saturated heterocycles. The molecule has 0 atom stereocenters. The highest BCUT2D eigenvalue weighted by molar-refractivity contribution is 6.30. The lowest BCUT2D eigenvalue weighted by molar-refractivity contribution is 0.372. The zero-order chi connectivity index (χ0) is 8.43. The lowest BCUT2D eigenvalue weighted by Crippen LogP contribution is -1.92. The Hall–Kier alpha value is -0.830. The van der Waals surface area contributed by atoms with E-state index in [1.807, 2.05) is 0 Å². The van der Waals surface area contributed by atoms with Gasteiger partial charge in [0, 0.05) is 6.07 Å². The van der Waals surface area contributed by atoms with Crippen LogP contribution in [0.3, 0.4) is 0 Å². The Labute approximate surface area is 67.5 Å². The van der Waals surface area contributed by atoms with Gasteiger partial charge in [0.15, 0.2) is 11.6 Å². The maximum Gasteiger partial charge on any atom is 0.202 e. The molecule has 1 rings (SSSR count). The first-order chi connectivity index (χ1) is 5.16. The second-order valence-electron chi connectivity index (χ2n) is 1.80. The molecule has 0 N–H and O–H groups in total. The van der Waals surface area contributed by atoms with Gasteiger partial charge in [-0.05, 0) is 6.07 Å². The van der Waals surface area contributed by atoms with Gasteiger partial charge < -0.3 is 4.74 Å². The van der Waals surface area contributed by atoms with Crippen molar-refractivity contribution >= 4 is 11.6 Å². The zero-order valence-corrected chi connectivity index (χ0v) is 6.38. The molecule has 4 heteroatoms. The van der Waals surface area contributed by atoms with Crippen molar-refractivity contribution in [1.82, 2.24) is 0 Å². The van der Waals surface area contributed by atoms with Crippen LogP contribution in [0.15, 0.2) is 6.07 Å². The Morgan fingerprint density at radius 1 is 1.45 bits per heavy atom. The molecule has 0 amide bonds. The van der Waals surface area contributed by atoms with E-state index in [1.165, 1.54) is 7.11 Å². The van der Waals surface area contributed by atoms with Crippen molar-refractivity contribution in [2.24, 2.45) is 0 Å². The average molecular weight is 178 g/mol. The van der Waals surface area contributed by atoms with Gasteiger partial charge >= 0.3 is 0 Å². The van der Waals surface area contributed by atoms with Gasteiger partial charge in [-0.1, -0.05) is 11.6 Å². The zero-order valence-electron chi connectivity index (χ0n) is 5.62. The summed E-state index contributed by atoms with van der Waals surface area (Å²) in [4.78, 5) is 0. The number of hydrogen-bond donors (Lipinski definition) is 0. The van der Waals surface area contributed by atoms with Crippen LogP contribution in [-0.2, 0) is 0 Å². The monoisotopic (exact) mass is 177 g/mol. The van der Waals surface area contributed by atoms with E-state index in [-0.39, 0.29) is 10.8 Å². The summed E-state index contributed by atoms with van der Waals surface area (Å²) in [6.45, 7) is 0. The Kier molecular flexibility index (Phi) is 2.29. The molecule has 1 aromatic carbocycles. The van der Waals surface area contributed by atoms with Crippen LogP contribution >= 0.6 is 11.6 Å². The average Bonchev–Trinajstić information content (AvgIpc) is 2.01. The number of hydrogen-bond acceptors (Lipinski definition) is 1. The first-order valence-electron chi connectivity index (χ1n) is 2.76. The Morgan fingerprint density at radius 2 is 2.09 bits per heavy atom. The summed E-state index contributed by atoms with van der Waals surface area (Å²) < 4.78 is 29.7. The van der Waals surface area contributed by atoms with Crippen LogP contribution < -0.4 is 4.74 Å². The third-order valence-corrected chi connectivity index (χ3v) is 1.43. The Bertz CT molecular complexity index is 275. The maximum atomic E-state index is 12.7. The van der Waals surface area contributed by atoms with Crippen molar-refractivity contribution in [2.75, 3.05) is 7.11 Å². The fourth-order valence-electron chi connectivity index (χ4n) is 0.609. The van der Waals surface area contributed by atoms with Gasteiger partial charge in [-0.25, -0.2) is 4.39 Å². The van der Waals surface area contributed by atoms with Gasteiger partial charge in [-0.3, -0.25) is 0 Å². The summed E-state index contributed by atoms with van der Waals surface area (Å²) in [6, 6.07) is 3.42. The van der Waals surface area contributed by atoms with E-state index in [2.05, 4.69) is 10.8 Å². The van der Waals surface area contributed by atoms with Gasteiger partial charge in [-0.15, -0.1) is 0 Å². The van der Waals surface area contributed by atoms with Crippen LogP contribution in [0.1, 0.15) is 0 Å². The molecule has 1 aromatic rings. The van der Waals surface area contributed by atoms with E-state index >= 15 is 0 Å². The van der Waals surface area contributed by atoms with Gasteiger partial charge in [0.05, 0.1) is 12.1 Å². The summed E-state index contributed by atoms with van der Waals surface area (Å²) in [5, 5.41) is -0.372. The lowest BCUT2D eigenvalue weighted by atomic mass is 10.3. The number of benzene rings is 1. The molecule has 0 saturated carbocycles. The van der Waals surface area contributed by atoms with Gasteiger partial charge in [0.1, 0.15) is 0 Å². The molecule has 0 unspecified atom stereocenters. The first kappa shape index (κ1) is 8.27. The fourth-order valence-corrected chi connectivity index (χ4v) is 0.746. The van der Waals surface area contributed by atoms with Crippen LogP contribution in [0.25, 0.3) is 0 Å². The standard InChI is InChI=1S/C7H4ClF2O/c1-11-5-3-2-4(8)6(9)7(5)10/h3H,1H3. The van der Waals surface area contributed by atoms with Crippen molar-refractivity contribution in [3.05, 3.63) is 28.8 Å². The van der Waals surface area contributed by atoms with Crippen molar-refractivity contribution in [2.45, 2.75) is 0 Å². The SMILES string of the molecule is COc1c[c]c(Cl)c(F)c1F. The number of ether oxygens (including phenoxy) is 1. The lowest BCUT2D eigenvalue weighted by Gasteiger charge is -2.01. The van der Waals surface area contributed by atoms with Crippen LogP contribution in [0.5, 0.6) is 5.75 Å². The van der Waals surface area contributed by atoms with Gasteiger partial charge in [0.25, 0.3) is 0 Å². The summed E-state index contributed by atoms with van der Waals surface area (Å²) in [7, 11) is 1.24. The Balaban J connectivity index is 3.25. The minimum Gasteiger partial charge on any atom is -0.494 e. The normalized spacial score (nSPS) is 9.82. The fraction of sp³-hybridized carbons (Fsp3) is 0.143. The second kappa shape index (κ2) is 3.05. The highest BCUT2D eigenvalue weighted by Crippen LogP contribution is 2.24. The molecule has 0 heterocycles. The van der Waals surface area contributed by atoms with E-state index < -0.39 is 11.6 Å². The summed E-state index contributed by atoms with van der Waals surface area (Å²) in [5.74, 6) is -2.42. The van der Waals surface area contributed by atoms with E-state index in [0.29, 0.717) is 0 Å². The van der Waals surface area contributed by atoms with Crippen LogP contribution in [0.4, 0.5) is 8.78 Å². The molecule has 1 nitrogen and oxygen atoms in total. The number of rotatable bonds is 1. The highest BCUT2D eigenvalue weighted by atomic mass is 35.5. The van der Waals surface area contributed by atoms with E-state index in [9.17, 15) is 8.78 Å². The number of halogens is 3. The van der Waals surface area contributed by atoms with Crippen molar-refractivity contribution in [3.8, 4) is 5.75 Å². The third-order valence-electron chi connectivity index (χ3n) is 1.15. The largest absolute Gasteiger partial charge is 0.494 e. The summed E-state index contributed by atoms with van der Waals surface area (Å²) >= 11 is 5.22. The molecule has 59 valence electrons. The molecule has 1 radical (unpaired) electrons. The quantitative estimate of drug-likeness (QED) is 0.599. The Morgan fingerprint density at radius 3 is 2.64 bits per heavy atom. The molecular weight excluding hydrogens is 174 g/mol. The molecule has 0 aliphatic carbocycles. The van der Waals surface area contributed by atoms with Crippen LogP contribution in [-0.4, -0.2) is 7.11 Å². The molecule has 0 aliphatic rings. The van der Waals surface area contributed by atoms with Crippen LogP contribution in [0.2, 0.25) is 5.02 Å². The second-order valence-corrected chi connectivity index (χ2v) is 2.18. The van der Waals surface area contributed by atoms with Gasteiger partial charge in [0.2, 0.25) is 5.82 Å². The third kappa shape index (κ3) is 1.43.